The predicted octanol–water partition coefficient (Wildman–Crippen LogP) is 1.95. The maximum absolute atomic E-state index is 12.7. The summed E-state index contributed by atoms with van der Waals surface area (Å²) >= 11 is 0. The van der Waals surface area contributed by atoms with E-state index >= 15 is 0 Å². The maximum atomic E-state index is 12.7. The minimum absolute atomic E-state index is 0.166. The molecule has 5 aliphatic rings. The molecule has 2 amide bonds. The Hall–Kier alpha value is -2.63. The van der Waals surface area contributed by atoms with Gasteiger partial charge >= 0.3 is 0 Å². The van der Waals surface area contributed by atoms with Crippen LogP contribution < -0.4 is 9.47 Å². The molecule has 24 heavy (non-hydrogen) atoms. The van der Waals surface area contributed by atoms with Crippen LogP contribution in [0.5, 0.6) is 11.5 Å². The number of carbonyl (C=O) groups excluding carboxylic acids is 2. The molecule has 1 aromatic rings. The molecule has 0 spiro atoms. The van der Waals surface area contributed by atoms with Crippen LogP contribution in [0.1, 0.15) is 18.4 Å². The first kappa shape index (κ1) is 13.8. The van der Waals surface area contributed by atoms with Gasteiger partial charge in [-0.1, -0.05) is 12.2 Å². The molecule has 0 unspecified atom stereocenters. The summed E-state index contributed by atoms with van der Waals surface area (Å²) in [5.74, 6) is 0.917. The molecule has 2 fully saturated rings. The van der Waals surface area contributed by atoms with E-state index in [0.717, 1.165) is 23.4 Å². The standard InChI is InChI=1S/C18H16N2O4/c21-17-15-11-2-3-12(5-4-11)16(15)18(22)20(17)19-8-10-1-6-13-14(7-10)24-9-23-13/h1-3,6-8,11-12,15-16H,4-5,9H2/b19-8-/t11-,12-,15+,16+/m0/s1. The van der Waals surface area contributed by atoms with Gasteiger partial charge in [-0.25, -0.2) is 0 Å². The molecule has 2 heterocycles. The van der Waals surface area contributed by atoms with Crippen LogP contribution in [0.3, 0.4) is 0 Å². The maximum Gasteiger partial charge on any atom is 0.254 e. The highest BCUT2D eigenvalue weighted by Gasteiger charge is 2.56. The second kappa shape index (κ2) is 4.93. The number of imide groups is 1. The number of nitrogens with zero attached hydrogens (tertiary/aromatic N) is 2. The van der Waals surface area contributed by atoms with Gasteiger partial charge in [-0.05, 0) is 48.4 Å². The molecule has 6 nitrogen and oxygen atoms in total. The van der Waals surface area contributed by atoms with E-state index in [-0.39, 0.29) is 42.3 Å². The predicted molar refractivity (Wildman–Crippen MR) is 84.3 cm³/mol. The fraction of sp³-hybridized carbons (Fsp3) is 0.389. The summed E-state index contributed by atoms with van der Waals surface area (Å²) < 4.78 is 10.6. The van der Waals surface area contributed by atoms with E-state index in [0.29, 0.717) is 11.5 Å². The summed E-state index contributed by atoms with van der Waals surface area (Å²) in [7, 11) is 0. The highest BCUT2D eigenvalue weighted by molar-refractivity contribution is 6.06. The van der Waals surface area contributed by atoms with Crippen molar-refractivity contribution in [3.05, 3.63) is 35.9 Å². The van der Waals surface area contributed by atoms with E-state index < -0.39 is 0 Å². The first-order valence-electron chi connectivity index (χ1n) is 8.22. The summed E-state index contributed by atoms with van der Waals surface area (Å²) in [5, 5.41) is 5.25. The Bertz CT molecular complexity index is 768. The average Bonchev–Trinajstić information content (AvgIpc) is 3.18. The number of ether oxygens (including phenoxy) is 2. The molecule has 6 heteroatoms. The molecule has 3 aliphatic carbocycles. The van der Waals surface area contributed by atoms with Crippen molar-refractivity contribution in [1.82, 2.24) is 5.01 Å². The summed E-state index contributed by atoms with van der Waals surface area (Å²) in [6.45, 7) is 0.207. The van der Waals surface area contributed by atoms with Gasteiger partial charge in [0.05, 0.1) is 18.1 Å². The lowest BCUT2D eigenvalue weighted by Gasteiger charge is -2.37. The Labute approximate surface area is 138 Å². The zero-order valence-electron chi connectivity index (χ0n) is 12.9. The number of rotatable bonds is 2. The summed E-state index contributed by atoms with van der Waals surface area (Å²) in [4.78, 5) is 25.3. The van der Waals surface area contributed by atoms with Gasteiger partial charge in [-0.15, -0.1) is 0 Å². The fourth-order valence-electron chi connectivity index (χ4n) is 4.29. The highest BCUT2D eigenvalue weighted by Crippen LogP contribution is 2.49. The smallest absolute Gasteiger partial charge is 0.254 e. The first-order valence-corrected chi connectivity index (χ1v) is 8.22. The topological polar surface area (TPSA) is 68.2 Å². The Morgan fingerprint density at radius 2 is 1.67 bits per heavy atom. The molecule has 6 rings (SSSR count). The van der Waals surface area contributed by atoms with Gasteiger partial charge in [0.1, 0.15) is 0 Å². The average molecular weight is 324 g/mol. The number of benzene rings is 1. The number of amides is 2. The van der Waals surface area contributed by atoms with Crippen LogP contribution in [0.4, 0.5) is 0 Å². The molecule has 2 aliphatic heterocycles. The third-order valence-electron chi connectivity index (χ3n) is 5.45. The van der Waals surface area contributed by atoms with Crippen molar-refractivity contribution < 1.29 is 19.1 Å². The van der Waals surface area contributed by atoms with E-state index in [9.17, 15) is 9.59 Å². The van der Waals surface area contributed by atoms with Gasteiger partial charge in [0.25, 0.3) is 11.8 Å². The van der Waals surface area contributed by atoms with Crippen molar-refractivity contribution in [2.45, 2.75) is 12.8 Å². The van der Waals surface area contributed by atoms with Crippen LogP contribution in [0.15, 0.2) is 35.5 Å². The molecular formula is C18H16N2O4. The second-order valence-electron chi connectivity index (χ2n) is 6.69. The lowest BCUT2D eigenvalue weighted by Crippen LogP contribution is -2.38. The zero-order chi connectivity index (χ0) is 16.3. The van der Waals surface area contributed by atoms with Crippen LogP contribution in [-0.2, 0) is 9.59 Å². The highest BCUT2D eigenvalue weighted by atomic mass is 16.7. The molecule has 1 saturated heterocycles. The number of hydrazone groups is 1. The van der Waals surface area contributed by atoms with Crippen LogP contribution >= 0.6 is 0 Å². The summed E-state index contributed by atoms with van der Waals surface area (Å²) in [6.07, 6.45) is 7.71. The Morgan fingerprint density at radius 1 is 1.00 bits per heavy atom. The third kappa shape index (κ3) is 1.85. The Balaban J connectivity index is 1.42. The second-order valence-corrected chi connectivity index (χ2v) is 6.69. The first-order chi connectivity index (χ1) is 11.7. The molecule has 0 N–H and O–H groups in total. The fourth-order valence-corrected chi connectivity index (χ4v) is 4.29. The van der Waals surface area contributed by atoms with Crippen LogP contribution in [-0.4, -0.2) is 29.8 Å². The Kier molecular flexibility index (Phi) is 2.83. The van der Waals surface area contributed by atoms with Gasteiger partial charge in [0.2, 0.25) is 6.79 Å². The lowest BCUT2D eigenvalue weighted by molar-refractivity contribution is -0.140. The van der Waals surface area contributed by atoms with Gasteiger partial charge in [0.15, 0.2) is 11.5 Å². The quantitative estimate of drug-likeness (QED) is 0.474. The molecular weight excluding hydrogens is 308 g/mol. The van der Waals surface area contributed by atoms with Crippen molar-refractivity contribution in [1.29, 1.82) is 0 Å². The third-order valence-corrected chi connectivity index (χ3v) is 5.45. The van der Waals surface area contributed by atoms with Gasteiger partial charge in [0, 0.05) is 0 Å². The normalized spacial score (nSPS) is 32.9. The number of carbonyl (C=O) groups is 2. The number of fused-ring (bicyclic) bond motifs is 2. The van der Waals surface area contributed by atoms with Crippen LogP contribution in [0, 0.1) is 23.7 Å². The lowest BCUT2D eigenvalue weighted by atomic mass is 9.63. The molecule has 1 aromatic carbocycles. The van der Waals surface area contributed by atoms with E-state index in [1.54, 1.807) is 12.1 Å². The molecule has 2 bridgehead atoms. The van der Waals surface area contributed by atoms with Gasteiger partial charge < -0.3 is 9.47 Å². The molecule has 1 saturated carbocycles. The summed E-state index contributed by atoms with van der Waals surface area (Å²) in [6, 6.07) is 5.40. The minimum atomic E-state index is -0.227. The molecule has 4 atom stereocenters. The van der Waals surface area contributed by atoms with Crippen molar-refractivity contribution >= 4 is 18.0 Å². The monoisotopic (exact) mass is 324 g/mol. The van der Waals surface area contributed by atoms with Crippen LogP contribution in [0.25, 0.3) is 0 Å². The van der Waals surface area contributed by atoms with Gasteiger partial charge in [-0.3, -0.25) is 9.59 Å². The minimum Gasteiger partial charge on any atom is -0.454 e. The van der Waals surface area contributed by atoms with Crippen molar-refractivity contribution in [3.8, 4) is 11.5 Å². The summed E-state index contributed by atoms with van der Waals surface area (Å²) in [5.41, 5.74) is 0.760. The van der Waals surface area contributed by atoms with Crippen molar-refractivity contribution in [2.24, 2.45) is 28.8 Å². The largest absolute Gasteiger partial charge is 0.454 e. The van der Waals surface area contributed by atoms with E-state index in [2.05, 4.69) is 17.3 Å². The van der Waals surface area contributed by atoms with E-state index in [1.807, 2.05) is 6.07 Å². The molecule has 0 radical (unpaired) electrons. The molecule has 122 valence electrons. The number of hydrogen-bond donors (Lipinski definition) is 0. The number of hydrogen-bond acceptors (Lipinski definition) is 5. The van der Waals surface area contributed by atoms with E-state index in [1.165, 1.54) is 6.21 Å². The molecule has 0 aromatic heterocycles. The Morgan fingerprint density at radius 3 is 2.33 bits per heavy atom. The van der Waals surface area contributed by atoms with Crippen LogP contribution in [0.2, 0.25) is 0 Å². The zero-order valence-corrected chi connectivity index (χ0v) is 12.9. The van der Waals surface area contributed by atoms with Crippen molar-refractivity contribution in [2.75, 3.05) is 6.79 Å². The van der Waals surface area contributed by atoms with E-state index in [4.69, 9.17) is 9.47 Å². The van der Waals surface area contributed by atoms with Gasteiger partial charge in [-0.2, -0.15) is 10.1 Å². The number of allylic oxidation sites excluding steroid dienone is 2. The van der Waals surface area contributed by atoms with Crippen molar-refractivity contribution in [3.63, 3.8) is 0 Å². The SMILES string of the molecule is O=C1[C@H]2[C@H](C(=O)N1/N=C\c1ccc3c(c1)OCO3)[C@H]1C=C[C@H]2CC1.